The highest BCUT2D eigenvalue weighted by Gasteiger charge is 2.48. The summed E-state index contributed by atoms with van der Waals surface area (Å²) >= 11 is 0. The SMILES string of the molecule is CO[C@@H]1C[C@@H]2C[C@H](C1)N2c1nc(-c2c(C(F)(F)F)cnc3[nH]ccc23)nc2c1CN(c1cc(C(C)C)ccc1C)CC2. The molecule has 0 unspecified atom stereocenters. The Balaban J connectivity index is 1.38. The monoisotopic (exact) mass is 576 g/mol. The van der Waals surface area contributed by atoms with E-state index in [2.05, 4.69) is 58.7 Å². The summed E-state index contributed by atoms with van der Waals surface area (Å²) in [7, 11) is 1.75. The Bertz CT molecular complexity index is 1650. The van der Waals surface area contributed by atoms with E-state index in [1.54, 1.807) is 19.4 Å². The predicted octanol–water partition coefficient (Wildman–Crippen LogP) is 6.79. The molecule has 6 heterocycles. The smallest absolute Gasteiger partial charge is 0.381 e. The van der Waals surface area contributed by atoms with Crippen LogP contribution in [0.4, 0.5) is 24.7 Å². The van der Waals surface area contributed by atoms with E-state index in [4.69, 9.17) is 14.7 Å². The van der Waals surface area contributed by atoms with Gasteiger partial charge in [-0.3, -0.25) is 0 Å². The number of aromatic nitrogens is 4. The molecule has 0 spiro atoms. The highest BCUT2D eigenvalue weighted by molar-refractivity contribution is 5.93. The van der Waals surface area contributed by atoms with E-state index in [0.29, 0.717) is 29.9 Å². The van der Waals surface area contributed by atoms with Gasteiger partial charge in [-0.25, -0.2) is 15.0 Å². The van der Waals surface area contributed by atoms with Gasteiger partial charge in [-0.1, -0.05) is 26.0 Å². The molecule has 3 atom stereocenters. The van der Waals surface area contributed by atoms with Crippen molar-refractivity contribution in [3.8, 4) is 11.4 Å². The van der Waals surface area contributed by atoms with Gasteiger partial charge in [-0.05, 0) is 55.4 Å². The van der Waals surface area contributed by atoms with Crippen molar-refractivity contribution in [3.63, 3.8) is 0 Å². The van der Waals surface area contributed by atoms with Crippen LogP contribution in [0.2, 0.25) is 0 Å². The van der Waals surface area contributed by atoms with Gasteiger partial charge in [0.05, 0.1) is 17.4 Å². The number of benzene rings is 1. The summed E-state index contributed by atoms with van der Waals surface area (Å²) in [6.45, 7) is 7.85. The molecule has 4 aliphatic rings. The molecule has 0 amide bonds. The highest BCUT2D eigenvalue weighted by Crippen LogP contribution is 2.46. The summed E-state index contributed by atoms with van der Waals surface area (Å²) in [5.74, 6) is 1.29. The van der Waals surface area contributed by atoms with Crippen molar-refractivity contribution in [1.29, 1.82) is 0 Å². The molecule has 1 N–H and O–H groups in total. The second-order valence-electron chi connectivity index (χ2n) is 12.2. The molecular formula is C32H35F3N6O. The van der Waals surface area contributed by atoms with Gasteiger partial charge in [-0.2, -0.15) is 13.2 Å². The molecule has 8 rings (SSSR count). The largest absolute Gasteiger partial charge is 0.418 e. The van der Waals surface area contributed by atoms with Crippen molar-refractivity contribution < 1.29 is 17.9 Å². The van der Waals surface area contributed by atoms with Crippen molar-refractivity contribution in [2.75, 3.05) is 23.5 Å². The first-order chi connectivity index (χ1) is 20.1. The second-order valence-corrected chi connectivity index (χ2v) is 12.2. The van der Waals surface area contributed by atoms with E-state index < -0.39 is 11.7 Å². The first-order valence-corrected chi connectivity index (χ1v) is 14.7. The number of ether oxygens (including phenoxy) is 1. The number of hydrogen-bond donors (Lipinski definition) is 1. The molecule has 3 aromatic heterocycles. The number of hydrogen-bond acceptors (Lipinski definition) is 6. The first kappa shape index (κ1) is 27.2. The zero-order valence-corrected chi connectivity index (χ0v) is 24.3. The summed E-state index contributed by atoms with van der Waals surface area (Å²) < 4.78 is 48.7. The number of piperidine rings is 1. The molecular weight excluding hydrogens is 541 g/mol. The van der Waals surface area contributed by atoms with Crippen LogP contribution in [0.15, 0.2) is 36.7 Å². The molecule has 2 bridgehead atoms. The third-order valence-electron chi connectivity index (χ3n) is 9.37. The van der Waals surface area contributed by atoms with Crippen LogP contribution in [0.3, 0.4) is 0 Å². The third kappa shape index (κ3) is 4.42. The van der Waals surface area contributed by atoms with Gasteiger partial charge >= 0.3 is 6.18 Å². The standard InChI is InChI=1S/C32H35F3N6O/c1-17(2)19-6-5-18(3)27(11-19)40-10-8-26-24(16-40)31(41-20-12-21(41)14-22(13-20)42-4)39-30(38-26)28-23-7-9-36-29(23)37-15-25(28)32(33,34)35/h5-7,9,11,15,17,20-22H,8,10,12-14,16H2,1-4H3,(H,36,37)/t20-,21+,22+. The first-order valence-electron chi connectivity index (χ1n) is 14.7. The Morgan fingerprint density at radius 1 is 1.07 bits per heavy atom. The topological polar surface area (TPSA) is 70.2 Å². The number of methoxy groups -OCH3 is 1. The van der Waals surface area contributed by atoms with E-state index in [9.17, 15) is 13.2 Å². The summed E-state index contributed by atoms with van der Waals surface area (Å²) in [5.41, 5.74) is 5.06. The van der Waals surface area contributed by atoms with Crippen LogP contribution in [-0.4, -0.2) is 51.8 Å². The number of fused-ring (bicyclic) bond motifs is 4. The predicted molar refractivity (Wildman–Crippen MR) is 157 cm³/mol. The third-order valence-corrected chi connectivity index (χ3v) is 9.37. The van der Waals surface area contributed by atoms with Crippen molar-refractivity contribution in [1.82, 2.24) is 19.9 Å². The number of H-pyrrole nitrogens is 1. The molecule has 220 valence electrons. The van der Waals surface area contributed by atoms with Gasteiger partial charge in [0.1, 0.15) is 11.5 Å². The van der Waals surface area contributed by atoms with Crippen molar-refractivity contribution in [3.05, 3.63) is 64.6 Å². The molecule has 2 saturated heterocycles. The maximum Gasteiger partial charge on any atom is 0.418 e. The molecule has 42 heavy (non-hydrogen) atoms. The zero-order valence-electron chi connectivity index (χ0n) is 24.3. The van der Waals surface area contributed by atoms with Crippen molar-refractivity contribution >= 4 is 22.5 Å². The molecule has 10 heteroatoms. The van der Waals surface area contributed by atoms with E-state index in [0.717, 1.165) is 49.1 Å². The minimum atomic E-state index is -4.60. The quantitative estimate of drug-likeness (QED) is 0.282. The lowest BCUT2D eigenvalue weighted by atomic mass is 9.77. The summed E-state index contributed by atoms with van der Waals surface area (Å²) in [5, 5.41) is 0.373. The van der Waals surface area contributed by atoms with Gasteiger partial charge in [0, 0.05) is 73.3 Å². The molecule has 3 aliphatic heterocycles. The maximum absolute atomic E-state index is 14.3. The lowest BCUT2D eigenvalue weighted by Gasteiger charge is -2.56. The van der Waals surface area contributed by atoms with Gasteiger partial charge in [0.25, 0.3) is 0 Å². The summed E-state index contributed by atoms with van der Waals surface area (Å²) in [6, 6.07) is 8.75. The van der Waals surface area contributed by atoms with E-state index in [1.165, 1.54) is 16.8 Å². The minimum absolute atomic E-state index is 0.0128. The highest BCUT2D eigenvalue weighted by atomic mass is 19.4. The fourth-order valence-corrected chi connectivity index (χ4v) is 7.08. The van der Waals surface area contributed by atoms with Gasteiger partial charge in [0.15, 0.2) is 5.82 Å². The lowest BCUT2D eigenvalue weighted by Crippen LogP contribution is -2.63. The molecule has 4 aromatic rings. The zero-order chi connectivity index (χ0) is 29.3. The Morgan fingerprint density at radius 2 is 1.86 bits per heavy atom. The molecule has 7 nitrogen and oxygen atoms in total. The second kappa shape index (κ2) is 9.97. The van der Waals surface area contributed by atoms with E-state index in [1.807, 2.05) is 0 Å². The Morgan fingerprint density at radius 3 is 2.57 bits per heavy atom. The number of nitrogens with zero attached hydrogens (tertiary/aromatic N) is 5. The number of aromatic amines is 1. The number of anilines is 2. The Kier molecular flexibility index (Phi) is 6.45. The summed E-state index contributed by atoms with van der Waals surface area (Å²) in [6.07, 6.45) is 1.52. The number of halogens is 3. The fraction of sp³-hybridized carbons (Fsp3) is 0.469. The van der Waals surface area contributed by atoms with Crippen LogP contribution < -0.4 is 9.80 Å². The van der Waals surface area contributed by atoms with Crippen molar-refractivity contribution in [2.45, 2.75) is 83.3 Å². The average Bonchev–Trinajstić information content (AvgIpc) is 3.45. The van der Waals surface area contributed by atoms with Gasteiger partial charge in [-0.15, -0.1) is 0 Å². The number of alkyl halides is 3. The van der Waals surface area contributed by atoms with E-state index in [-0.39, 0.29) is 29.6 Å². The Hall–Kier alpha value is -3.66. The van der Waals surface area contributed by atoms with Crippen LogP contribution >= 0.6 is 0 Å². The summed E-state index contributed by atoms with van der Waals surface area (Å²) in [4.78, 5) is 21.6. The minimum Gasteiger partial charge on any atom is -0.381 e. The van der Waals surface area contributed by atoms with Crippen LogP contribution in [-0.2, 0) is 23.9 Å². The fourth-order valence-electron chi connectivity index (χ4n) is 7.08. The molecule has 0 radical (unpaired) electrons. The van der Waals surface area contributed by atoms with Crippen LogP contribution in [0.1, 0.15) is 67.0 Å². The molecule has 1 aliphatic carbocycles. The number of nitrogens with one attached hydrogen (secondary N) is 1. The average molecular weight is 577 g/mol. The van der Waals surface area contributed by atoms with Crippen LogP contribution in [0.5, 0.6) is 0 Å². The molecule has 1 saturated carbocycles. The van der Waals surface area contributed by atoms with Crippen LogP contribution in [0.25, 0.3) is 22.4 Å². The normalized spacial score (nSPS) is 22.0. The van der Waals surface area contributed by atoms with Gasteiger partial charge in [0.2, 0.25) is 0 Å². The number of rotatable bonds is 5. The van der Waals surface area contributed by atoms with Crippen molar-refractivity contribution in [2.24, 2.45) is 0 Å². The molecule has 3 fully saturated rings. The Labute approximate surface area is 243 Å². The van der Waals surface area contributed by atoms with Gasteiger partial charge < -0.3 is 19.5 Å². The molecule has 1 aromatic carbocycles. The van der Waals surface area contributed by atoms with Crippen LogP contribution in [0, 0.1) is 6.92 Å². The number of aryl methyl sites for hydroxylation is 1. The lowest BCUT2D eigenvalue weighted by molar-refractivity contribution is -0.137. The number of pyridine rings is 1. The van der Waals surface area contributed by atoms with E-state index >= 15 is 0 Å². The maximum atomic E-state index is 14.3.